The van der Waals surface area contributed by atoms with Gasteiger partial charge in [0, 0.05) is 26.3 Å². The second kappa shape index (κ2) is 9.06. The maximum atomic E-state index is 3.74. The molecule has 2 heteroatoms. The maximum Gasteiger partial charge on any atom is 0.0547 e. The van der Waals surface area contributed by atoms with Crippen molar-refractivity contribution in [2.75, 3.05) is 0 Å². The van der Waals surface area contributed by atoms with E-state index in [4.69, 9.17) is 0 Å². The van der Waals surface area contributed by atoms with E-state index in [2.05, 4.69) is 168 Å². The van der Waals surface area contributed by atoms with Gasteiger partial charge >= 0.3 is 0 Å². The van der Waals surface area contributed by atoms with Crippen LogP contribution in [0.3, 0.4) is 0 Å². The molecule has 1 aliphatic rings. The predicted octanol–water partition coefficient (Wildman–Crippen LogP) is 11.2. The Kier molecular flexibility index (Phi) is 5.39. The zero-order valence-corrected chi connectivity index (χ0v) is 24.6. The minimum absolute atomic E-state index is 0.0436. The molecule has 0 atom stereocenters. The minimum atomic E-state index is -0.0436. The van der Waals surface area contributed by atoms with Crippen LogP contribution in [0, 0.1) is 0 Å². The molecule has 0 amide bonds. The third-order valence-electron chi connectivity index (χ3n) is 8.88. The van der Waals surface area contributed by atoms with Gasteiger partial charge in [-0.2, -0.15) is 0 Å². The first kappa shape index (κ1) is 24.4. The van der Waals surface area contributed by atoms with Gasteiger partial charge < -0.3 is 4.57 Å². The molecular formula is C39H28BrN. The molecule has 1 heterocycles. The SMILES string of the molecule is CC1(C)c2ccccc2-c2ccc(-n3c4ccccc4c4ccc(-c5cccc(-c6ccccc6Br)c5)cc43)cc21. The Balaban J connectivity index is 1.33. The number of nitrogens with zero attached hydrogens (tertiary/aromatic N) is 1. The fraction of sp³-hybridized carbons (Fsp3) is 0.0769. The fourth-order valence-electron chi connectivity index (χ4n) is 6.82. The molecule has 0 N–H and O–H groups in total. The first-order valence-electron chi connectivity index (χ1n) is 14.1. The van der Waals surface area contributed by atoms with Gasteiger partial charge in [0.1, 0.15) is 0 Å². The van der Waals surface area contributed by atoms with Gasteiger partial charge in [-0.15, -0.1) is 0 Å². The van der Waals surface area contributed by atoms with Crippen LogP contribution in [0.4, 0.5) is 0 Å². The molecule has 0 unspecified atom stereocenters. The summed E-state index contributed by atoms with van der Waals surface area (Å²) < 4.78 is 3.56. The van der Waals surface area contributed by atoms with Crippen molar-refractivity contribution >= 4 is 37.7 Å². The number of para-hydroxylation sites is 1. The van der Waals surface area contributed by atoms with Crippen molar-refractivity contribution in [3.63, 3.8) is 0 Å². The van der Waals surface area contributed by atoms with E-state index in [9.17, 15) is 0 Å². The van der Waals surface area contributed by atoms with Crippen LogP contribution in [0.5, 0.6) is 0 Å². The Bertz CT molecular complexity index is 2150. The average Bonchev–Trinajstić information content (AvgIpc) is 3.46. The van der Waals surface area contributed by atoms with Crippen LogP contribution >= 0.6 is 15.9 Å². The number of benzene rings is 6. The van der Waals surface area contributed by atoms with Gasteiger partial charge in [-0.25, -0.2) is 0 Å². The molecular weight excluding hydrogens is 562 g/mol. The number of hydrogen-bond acceptors (Lipinski definition) is 0. The van der Waals surface area contributed by atoms with Gasteiger partial charge in [0.25, 0.3) is 0 Å². The normalized spacial score (nSPS) is 13.4. The summed E-state index contributed by atoms with van der Waals surface area (Å²) in [5.74, 6) is 0. The molecule has 0 saturated heterocycles. The highest BCUT2D eigenvalue weighted by atomic mass is 79.9. The van der Waals surface area contributed by atoms with Crippen LogP contribution in [-0.4, -0.2) is 4.57 Å². The molecule has 196 valence electrons. The van der Waals surface area contributed by atoms with Crippen molar-refractivity contribution in [1.29, 1.82) is 0 Å². The summed E-state index contributed by atoms with van der Waals surface area (Å²) in [6, 6.07) is 48.9. The van der Waals surface area contributed by atoms with E-state index in [-0.39, 0.29) is 5.41 Å². The van der Waals surface area contributed by atoms with E-state index in [1.165, 1.54) is 72.0 Å². The lowest BCUT2D eigenvalue weighted by Gasteiger charge is -2.22. The first-order valence-corrected chi connectivity index (χ1v) is 14.9. The topological polar surface area (TPSA) is 4.93 Å². The Morgan fingerprint density at radius 3 is 2.05 bits per heavy atom. The van der Waals surface area contributed by atoms with E-state index in [1.807, 2.05) is 0 Å². The van der Waals surface area contributed by atoms with Crippen LogP contribution in [0.15, 0.2) is 138 Å². The number of rotatable bonds is 3. The molecule has 0 spiro atoms. The molecule has 6 aromatic carbocycles. The predicted molar refractivity (Wildman–Crippen MR) is 177 cm³/mol. The standard InChI is InChI=1S/C39H28BrN/c1-39(2)34-15-6-3-13-30(34)31-21-19-28(24-35(31)39)41-37-17-8-5-14-32(37)33-20-18-26(23-38(33)41)25-10-9-11-27(22-25)29-12-4-7-16-36(29)40/h3-24H,1-2H3. The van der Waals surface area contributed by atoms with Gasteiger partial charge in [-0.1, -0.05) is 127 Å². The van der Waals surface area contributed by atoms with Gasteiger partial charge in [0.2, 0.25) is 0 Å². The first-order chi connectivity index (χ1) is 20.0. The Hall–Kier alpha value is -4.40. The second-order valence-electron chi connectivity index (χ2n) is 11.5. The van der Waals surface area contributed by atoms with Gasteiger partial charge in [-0.05, 0) is 80.9 Å². The Morgan fingerprint density at radius 1 is 0.488 bits per heavy atom. The van der Waals surface area contributed by atoms with E-state index < -0.39 is 0 Å². The summed E-state index contributed by atoms with van der Waals surface area (Å²) in [6.45, 7) is 4.70. The number of hydrogen-bond donors (Lipinski definition) is 0. The summed E-state index contributed by atoms with van der Waals surface area (Å²) in [6.07, 6.45) is 0. The molecule has 1 aliphatic carbocycles. The van der Waals surface area contributed by atoms with Crippen molar-refractivity contribution in [1.82, 2.24) is 4.57 Å². The summed E-state index contributed by atoms with van der Waals surface area (Å²) >= 11 is 3.74. The monoisotopic (exact) mass is 589 g/mol. The van der Waals surface area contributed by atoms with Crippen LogP contribution in [-0.2, 0) is 5.41 Å². The van der Waals surface area contributed by atoms with Crippen LogP contribution in [0.25, 0.3) is 60.9 Å². The molecule has 8 rings (SSSR count). The highest BCUT2D eigenvalue weighted by Gasteiger charge is 2.35. The lowest BCUT2D eigenvalue weighted by molar-refractivity contribution is 0.660. The minimum Gasteiger partial charge on any atom is -0.309 e. The average molecular weight is 591 g/mol. The number of fused-ring (bicyclic) bond motifs is 6. The van der Waals surface area contributed by atoms with Crippen LogP contribution < -0.4 is 0 Å². The molecule has 1 aromatic heterocycles. The molecule has 1 nitrogen and oxygen atoms in total. The van der Waals surface area contributed by atoms with Crippen LogP contribution in [0.2, 0.25) is 0 Å². The molecule has 0 aliphatic heterocycles. The zero-order chi connectivity index (χ0) is 27.7. The van der Waals surface area contributed by atoms with Crippen molar-refractivity contribution in [3.8, 4) is 39.1 Å². The summed E-state index contributed by atoms with van der Waals surface area (Å²) in [5.41, 5.74) is 13.9. The molecule has 0 bridgehead atoms. The molecule has 41 heavy (non-hydrogen) atoms. The highest BCUT2D eigenvalue weighted by molar-refractivity contribution is 9.10. The molecule has 0 radical (unpaired) electrons. The zero-order valence-electron chi connectivity index (χ0n) is 23.0. The summed E-state index contributed by atoms with van der Waals surface area (Å²) in [5, 5.41) is 2.55. The fourth-order valence-corrected chi connectivity index (χ4v) is 7.33. The van der Waals surface area contributed by atoms with E-state index >= 15 is 0 Å². The molecule has 0 fully saturated rings. The summed E-state index contributed by atoms with van der Waals surface area (Å²) in [4.78, 5) is 0. The highest BCUT2D eigenvalue weighted by Crippen LogP contribution is 2.49. The van der Waals surface area contributed by atoms with Crippen molar-refractivity contribution in [3.05, 3.63) is 149 Å². The number of aromatic nitrogens is 1. The Labute approximate surface area is 248 Å². The smallest absolute Gasteiger partial charge is 0.0547 e. The second-order valence-corrected chi connectivity index (χ2v) is 12.4. The van der Waals surface area contributed by atoms with Crippen molar-refractivity contribution < 1.29 is 0 Å². The van der Waals surface area contributed by atoms with Gasteiger partial charge in [0.15, 0.2) is 0 Å². The van der Waals surface area contributed by atoms with E-state index in [0.29, 0.717) is 0 Å². The van der Waals surface area contributed by atoms with Gasteiger partial charge in [0.05, 0.1) is 11.0 Å². The largest absolute Gasteiger partial charge is 0.309 e. The Morgan fingerprint density at radius 2 is 1.17 bits per heavy atom. The third-order valence-corrected chi connectivity index (χ3v) is 9.57. The molecule has 7 aromatic rings. The van der Waals surface area contributed by atoms with E-state index in [1.54, 1.807) is 0 Å². The van der Waals surface area contributed by atoms with Crippen LogP contribution in [0.1, 0.15) is 25.0 Å². The lowest BCUT2D eigenvalue weighted by Crippen LogP contribution is -2.15. The van der Waals surface area contributed by atoms with Gasteiger partial charge in [-0.3, -0.25) is 0 Å². The van der Waals surface area contributed by atoms with Crippen molar-refractivity contribution in [2.45, 2.75) is 19.3 Å². The quantitative estimate of drug-likeness (QED) is 0.193. The lowest BCUT2D eigenvalue weighted by atomic mass is 9.82. The van der Waals surface area contributed by atoms with E-state index in [0.717, 1.165) is 4.47 Å². The summed E-state index contributed by atoms with van der Waals surface area (Å²) in [7, 11) is 0. The van der Waals surface area contributed by atoms with Crippen molar-refractivity contribution in [2.24, 2.45) is 0 Å². The third kappa shape index (κ3) is 3.67. The number of halogens is 1. The maximum absolute atomic E-state index is 3.74. The molecule has 0 saturated carbocycles.